The molecule has 0 aromatic carbocycles. The second-order valence-electron chi connectivity index (χ2n) is 4.41. The van der Waals surface area contributed by atoms with Crippen molar-refractivity contribution in [1.82, 2.24) is 14.3 Å². The van der Waals surface area contributed by atoms with E-state index in [1.54, 1.807) is 20.8 Å². The van der Waals surface area contributed by atoms with Crippen molar-refractivity contribution < 1.29 is 13.5 Å². The van der Waals surface area contributed by atoms with Gasteiger partial charge >= 0.3 is 0 Å². The van der Waals surface area contributed by atoms with Crippen LogP contribution in [-0.4, -0.2) is 47.0 Å². The maximum Gasteiger partial charge on any atom is 0.259 e. The van der Waals surface area contributed by atoms with Crippen molar-refractivity contribution in [3.8, 4) is 0 Å². The number of aromatic nitrogens is 2. The number of hydrogen-bond donors (Lipinski definition) is 2. The molecule has 0 spiro atoms. The van der Waals surface area contributed by atoms with Gasteiger partial charge in [-0.1, -0.05) is 0 Å². The minimum atomic E-state index is -3.60. The van der Waals surface area contributed by atoms with E-state index in [1.807, 2.05) is 0 Å². The second kappa shape index (κ2) is 4.15. The maximum absolute atomic E-state index is 12.0. The second-order valence-corrected chi connectivity index (χ2v) is 6.42. The van der Waals surface area contributed by atoms with E-state index in [2.05, 4.69) is 9.97 Å². The van der Waals surface area contributed by atoms with Crippen molar-refractivity contribution in [2.75, 3.05) is 13.6 Å². The number of rotatable bonds is 4. The van der Waals surface area contributed by atoms with Gasteiger partial charge in [0, 0.05) is 13.6 Å². The quantitative estimate of drug-likeness (QED) is 0.790. The van der Waals surface area contributed by atoms with Crippen LogP contribution in [0.15, 0.2) is 11.2 Å². The molecule has 1 rings (SSSR count). The van der Waals surface area contributed by atoms with Crippen LogP contribution in [0.2, 0.25) is 0 Å². The average molecular weight is 247 g/mol. The van der Waals surface area contributed by atoms with E-state index in [0.29, 0.717) is 5.82 Å². The van der Waals surface area contributed by atoms with Gasteiger partial charge < -0.3 is 10.1 Å². The first-order valence-electron chi connectivity index (χ1n) is 4.83. The van der Waals surface area contributed by atoms with E-state index in [9.17, 15) is 13.5 Å². The maximum atomic E-state index is 12.0. The lowest BCUT2D eigenvalue weighted by Gasteiger charge is -2.24. The predicted octanol–water partition coefficient (Wildman–Crippen LogP) is 0.110. The smallest absolute Gasteiger partial charge is 0.259 e. The summed E-state index contributed by atoms with van der Waals surface area (Å²) >= 11 is 0. The lowest BCUT2D eigenvalue weighted by atomic mass is 10.1. The fourth-order valence-corrected chi connectivity index (χ4v) is 2.61. The SMILES string of the molecule is Cc1ncc(S(=O)(=O)N(C)CC(C)(C)O)[nH]1. The Balaban J connectivity index is 2.95. The molecule has 0 saturated heterocycles. The first-order chi connectivity index (χ1) is 7.13. The molecule has 0 saturated carbocycles. The van der Waals surface area contributed by atoms with Gasteiger partial charge in [0.1, 0.15) is 5.82 Å². The molecule has 6 nitrogen and oxygen atoms in total. The molecule has 16 heavy (non-hydrogen) atoms. The number of H-pyrrole nitrogens is 1. The van der Waals surface area contributed by atoms with E-state index >= 15 is 0 Å². The lowest BCUT2D eigenvalue weighted by molar-refractivity contribution is 0.0639. The van der Waals surface area contributed by atoms with Crippen molar-refractivity contribution in [2.24, 2.45) is 0 Å². The number of aliphatic hydroxyl groups is 1. The van der Waals surface area contributed by atoms with Gasteiger partial charge in [0.25, 0.3) is 10.0 Å². The Kier molecular flexibility index (Phi) is 3.41. The van der Waals surface area contributed by atoms with Gasteiger partial charge in [0.2, 0.25) is 0 Å². The highest BCUT2D eigenvalue weighted by Crippen LogP contribution is 2.14. The molecule has 1 heterocycles. The van der Waals surface area contributed by atoms with Gasteiger partial charge in [0.05, 0.1) is 11.8 Å². The highest BCUT2D eigenvalue weighted by molar-refractivity contribution is 7.89. The third-order valence-corrected chi connectivity index (χ3v) is 3.69. The summed E-state index contributed by atoms with van der Waals surface area (Å²) in [5, 5.41) is 9.61. The number of imidazole rings is 1. The summed E-state index contributed by atoms with van der Waals surface area (Å²) in [6, 6.07) is 0. The van der Waals surface area contributed by atoms with Crippen LogP contribution in [0.3, 0.4) is 0 Å². The highest BCUT2D eigenvalue weighted by Gasteiger charge is 2.27. The topological polar surface area (TPSA) is 86.3 Å². The van der Waals surface area contributed by atoms with Gasteiger partial charge in [-0.25, -0.2) is 13.4 Å². The van der Waals surface area contributed by atoms with Gasteiger partial charge in [-0.05, 0) is 20.8 Å². The highest BCUT2D eigenvalue weighted by atomic mass is 32.2. The number of aryl methyl sites for hydroxylation is 1. The summed E-state index contributed by atoms with van der Waals surface area (Å²) in [5.41, 5.74) is -1.07. The molecule has 1 aromatic heterocycles. The van der Waals surface area contributed by atoms with Crippen molar-refractivity contribution in [3.63, 3.8) is 0 Å². The molecule has 2 N–H and O–H groups in total. The molecule has 0 aliphatic heterocycles. The van der Waals surface area contributed by atoms with Crippen molar-refractivity contribution in [2.45, 2.75) is 31.4 Å². The number of likely N-dealkylation sites (N-methyl/N-ethyl adjacent to an activating group) is 1. The van der Waals surface area contributed by atoms with Crippen molar-refractivity contribution in [1.29, 1.82) is 0 Å². The zero-order valence-electron chi connectivity index (χ0n) is 9.85. The number of hydrogen-bond acceptors (Lipinski definition) is 4. The third kappa shape index (κ3) is 3.03. The zero-order valence-corrected chi connectivity index (χ0v) is 10.7. The summed E-state index contributed by atoms with van der Waals surface area (Å²) in [5.74, 6) is 0.537. The van der Waals surface area contributed by atoms with E-state index in [4.69, 9.17) is 0 Å². The van der Waals surface area contributed by atoms with E-state index in [1.165, 1.54) is 13.2 Å². The largest absolute Gasteiger partial charge is 0.389 e. The Labute approximate surface area is 95.4 Å². The molecule has 0 atom stereocenters. The standard InChI is InChI=1S/C9H17N3O3S/c1-7-10-5-8(11-7)16(14,15)12(4)6-9(2,3)13/h5,13H,6H2,1-4H3,(H,10,11). The molecule has 0 amide bonds. The number of sulfonamides is 1. The van der Waals surface area contributed by atoms with Crippen LogP contribution in [0.25, 0.3) is 0 Å². The summed E-state index contributed by atoms with van der Waals surface area (Å²) in [6.45, 7) is 4.80. The average Bonchev–Trinajstić information content (AvgIpc) is 2.48. The molecule has 0 unspecified atom stereocenters. The lowest BCUT2D eigenvalue weighted by Crippen LogP contribution is -2.39. The van der Waals surface area contributed by atoms with Gasteiger partial charge in [-0.3, -0.25) is 0 Å². The Hall–Kier alpha value is -0.920. The van der Waals surface area contributed by atoms with E-state index in [-0.39, 0.29) is 11.6 Å². The minimum Gasteiger partial charge on any atom is -0.389 e. The molecular formula is C9H17N3O3S. The monoisotopic (exact) mass is 247 g/mol. The van der Waals surface area contributed by atoms with Gasteiger partial charge in [-0.15, -0.1) is 0 Å². The number of nitrogens with one attached hydrogen (secondary N) is 1. The molecular weight excluding hydrogens is 230 g/mol. The van der Waals surface area contributed by atoms with Crippen LogP contribution < -0.4 is 0 Å². The van der Waals surface area contributed by atoms with E-state index in [0.717, 1.165) is 4.31 Å². The Morgan fingerprint density at radius 1 is 1.56 bits per heavy atom. The molecule has 0 bridgehead atoms. The fourth-order valence-electron chi connectivity index (χ4n) is 1.33. The molecule has 0 radical (unpaired) electrons. The molecule has 92 valence electrons. The first-order valence-corrected chi connectivity index (χ1v) is 6.27. The molecule has 0 aliphatic carbocycles. The third-order valence-electron chi connectivity index (χ3n) is 1.98. The van der Waals surface area contributed by atoms with Crippen LogP contribution in [0, 0.1) is 6.92 Å². The van der Waals surface area contributed by atoms with Crippen LogP contribution >= 0.6 is 0 Å². The number of nitrogens with zero attached hydrogens (tertiary/aromatic N) is 2. The zero-order chi connectivity index (χ0) is 12.6. The van der Waals surface area contributed by atoms with Crippen LogP contribution in [0.4, 0.5) is 0 Å². The Morgan fingerprint density at radius 2 is 2.12 bits per heavy atom. The number of aromatic amines is 1. The van der Waals surface area contributed by atoms with Gasteiger partial charge in [-0.2, -0.15) is 4.31 Å². The van der Waals surface area contributed by atoms with Crippen LogP contribution in [0.1, 0.15) is 19.7 Å². The molecule has 7 heteroatoms. The Bertz CT molecular complexity index is 459. The minimum absolute atomic E-state index is 0.0212. The van der Waals surface area contributed by atoms with Crippen LogP contribution in [0.5, 0.6) is 0 Å². The fraction of sp³-hybridized carbons (Fsp3) is 0.667. The van der Waals surface area contributed by atoms with Crippen molar-refractivity contribution in [3.05, 3.63) is 12.0 Å². The predicted molar refractivity (Wildman–Crippen MR) is 59.4 cm³/mol. The van der Waals surface area contributed by atoms with Crippen LogP contribution in [-0.2, 0) is 10.0 Å². The van der Waals surface area contributed by atoms with Gasteiger partial charge in [0.15, 0.2) is 5.03 Å². The molecule has 0 fully saturated rings. The summed E-state index contributed by atoms with van der Waals surface area (Å²) in [7, 11) is -2.18. The summed E-state index contributed by atoms with van der Waals surface area (Å²) in [4.78, 5) is 6.50. The molecule has 1 aromatic rings. The normalized spacial score (nSPS) is 13.4. The van der Waals surface area contributed by atoms with E-state index < -0.39 is 15.6 Å². The first kappa shape index (κ1) is 13.1. The molecule has 0 aliphatic rings. The van der Waals surface area contributed by atoms with Crippen molar-refractivity contribution >= 4 is 10.0 Å². The summed E-state index contributed by atoms with van der Waals surface area (Å²) < 4.78 is 25.0. The summed E-state index contributed by atoms with van der Waals surface area (Å²) in [6.07, 6.45) is 1.27. The Morgan fingerprint density at radius 3 is 2.50 bits per heavy atom.